The van der Waals surface area contributed by atoms with Crippen molar-refractivity contribution in [1.29, 1.82) is 0 Å². The van der Waals surface area contributed by atoms with Gasteiger partial charge in [0.25, 0.3) is 0 Å². The highest BCUT2D eigenvalue weighted by molar-refractivity contribution is 7.09. The van der Waals surface area contributed by atoms with Crippen molar-refractivity contribution < 1.29 is 14.3 Å². The molecule has 0 unspecified atom stereocenters. The molecule has 1 saturated heterocycles. The largest absolute Gasteiger partial charge is 0.497 e. The Bertz CT molecular complexity index is 716. The van der Waals surface area contributed by atoms with Crippen molar-refractivity contribution >= 4 is 29.0 Å². The third-order valence-corrected chi connectivity index (χ3v) is 5.02. The van der Waals surface area contributed by atoms with Crippen LogP contribution in [0.3, 0.4) is 0 Å². The number of carbonyl (C=O) groups excluding carboxylic acids is 2. The fraction of sp³-hybridized carbons (Fsp3) is 0.333. The normalized spacial score (nSPS) is 14.0. The van der Waals surface area contributed by atoms with Crippen molar-refractivity contribution in [2.24, 2.45) is 0 Å². The average Bonchev–Trinajstić information content (AvgIpc) is 3.26. The minimum Gasteiger partial charge on any atom is -0.497 e. The van der Waals surface area contributed by atoms with Crippen LogP contribution < -0.4 is 15.0 Å². The molecule has 25 heavy (non-hydrogen) atoms. The summed E-state index contributed by atoms with van der Waals surface area (Å²) in [7, 11) is 1.61. The van der Waals surface area contributed by atoms with E-state index in [4.69, 9.17) is 4.74 Å². The summed E-state index contributed by atoms with van der Waals surface area (Å²) in [6, 6.07) is 11.2. The molecule has 1 aliphatic heterocycles. The molecule has 7 heteroatoms. The first-order valence-corrected chi connectivity index (χ1v) is 9.05. The topological polar surface area (TPSA) is 61.9 Å². The molecule has 0 bridgehead atoms. The number of thiophene rings is 1. The highest BCUT2D eigenvalue weighted by Gasteiger charge is 2.30. The van der Waals surface area contributed by atoms with Gasteiger partial charge in [-0.3, -0.25) is 9.69 Å². The lowest BCUT2D eigenvalue weighted by Gasteiger charge is -2.18. The number of hydrogen-bond acceptors (Lipinski definition) is 4. The third kappa shape index (κ3) is 4.30. The summed E-state index contributed by atoms with van der Waals surface area (Å²) < 4.78 is 5.13. The van der Waals surface area contributed by atoms with Gasteiger partial charge in [-0.15, -0.1) is 11.3 Å². The molecule has 1 aliphatic rings. The van der Waals surface area contributed by atoms with Crippen molar-refractivity contribution in [2.75, 3.05) is 38.2 Å². The van der Waals surface area contributed by atoms with Gasteiger partial charge in [0.15, 0.2) is 0 Å². The lowest BCUT2D eigenvalue weighted by Crippen LogP contribution is -2.40. The number of rotatable bonds is 7. The molecule has 0 spiro atoms. The first kappa shape index (κ1) is 17.3. The fourth-order valence-corrected chi connectivity index (χ4v) is 3.45. The SMILES string of the molecule is COc1ccc(N2CCN(CC(=O)NCCc3cccs3)C2=O)cc1. The van der Waals surface area contributed by atoms with Crippen LogP contribution in [0.5, 0.6) is 5.75 Å². The molecule has 1 aromatic heterocycles. The maximum Gasteiger partial charge on any atom is 0.325 e. The van der Waals surface area contributed by atoms with Gasteiger partial charge in [0.05, 0.1) is 7.11 Å². The summed E-state index contributed by atoms with van der Waals surface area (Å²) in [6.07, 6.45) is 0.815. The summed E-state index contributed by atoms with van der Waals surface area (Å²) in [5.74, 6) is 0.624. The monoisotopic (exact) mass is 359 g/mol. The Hall–Kier alpha value is -2.54. The van der Waals surface area contributed by atoms with Crippen molar-refractivity contribution in [1.82, 2.24) is 10.2 Å². The van der Waals surface area contributed by atoms with E-state index < -0.39 is 0 Å². The second-order valence-corrected chi connectivity index (χ2v) is 6.77. The summed E-state index contributed by atoms with van der Waals surface area (Å²) in [4.78, 5) is 29.1. The Morgan fingerprint density at radius 2 is 2.04 bits per heavy atom. The molecule has 1 fully saturated rings. The zero-order valence-corrected chi connectivity index (χ0v) is 14.9. The number of amides is 3. The molecule has 0 aliphatic carbocycles. The lowest BCUT2D eigenvalue weighted by atomic mass is 10.3. The predicted molar refractivity (Wildman–Crippen MR) is 98.3 cm³/mol. The van der Waals surface area contributed by atoms with Gasteiger partial charge in [0.2, 0.25) is 5.91 Å². The van der Waals surface area contributed by atoms with Crippen molar-refractivity contribution in [3.63, 3.8) is 0 Å². The first-order chi connectivity index (χ1) is 12.2. The smallest absolute Gasteiger partial charge is 0.325 e. The molecule has 3 amide bonds. The van der Waals surface area contributed by atoms with E-state index in [1.807, 2.05) is 41.8 Å². The number of ether oxygens (including phenoxy) is 1. The molecule has 3 rings (SSSR count). The Balaban J connectivity index is 1.48. The highest BCUT2D eigenvalue weighted by atomic mass is 32.1. The van der Waals surface area contributed by atoms with Crippen LogP contribution in [0.4, 0.5) is 10.5 Å². The van der Waals surface area contributed by atoms with Crippen LogP contribution in [0, 0.1) is 0 Å². The molecular formula is C18H21N3O3S. The second-order valence-electron chi connectivity index (χ2n) is 5.73. The van der Waals surface area contributed by atoms with Crippen LogP contribution in [0.25, 0.3) is 0 Å². The number of carbonyl (C=O) groups is 2. The number of nitrogens with zero attached hydrogens (tertiary/aromatic N) is 2. The molecule has 0 radical (unpaired) electrons. The van der Waals surface area contributed by atoms with Crippen LogP contribution in [0.2, 0.25) is 0 Å². The van der Waals surface area contributed by atoms with Gasteiger partial charge in [0.1, 0.15) is 12.3 Å². The van der Waals surface area contributed by atoms with Gasteiger partial charge in [-0.1, -0.05) is 6.07 Å². The van der Waals surface area contributed by atoms with E-state index in [-0.39, 0.29) is 18.5 Å². The summed E-state index contributed by atoms with van der Waals surface area (Å²) >= 11 is 1.68. The Morgan fingerprint density at radius 3 is 2.72 bits per heavy atom. The van der Waals surface area contributed by atoms with Gasteiger partial charge >= 0.3 is 6.03 Å². The molecular weight excluding hydrogens is 338 g/mol. The zero-order valence-electron chi connectivity index (χ0n) is 14.1. The Morgan fingerprint density at radius 1 is 1.24 bits per heavy atom. The van der Waals surface area contributed by atoms with Crippen LogP contribution in [0.1, 0.15) is 4.88 Å². The molecule has 6 nitrogen and oxygen atoms in total. The third-order valence-electron chi connectivity index (χ3n) is 4.09. The predicted octanol–water partition coefficient (Wildman–Crippen LogP) is 2.36. The molecule has 1 aromatic carbocycles. The van der Waals surface area contributed by atoms with Gasteiger partial charge in [-0.25, -0.2) is 4.79 Å². The first-order valence-electron chi connectivity index (χ1n) is 8.17. The van der Waals surface area contributed by atoms with Gasteiger partial charge in [-0.05, 0) is 42.1 Å². The van der Waals surface area contributed by atoms with E-state index in [2.05, 4.69) is 5.32 Å². The minimum absolute atomic E-state index is 0.0932. The number of hydrogen-bond donors (Lipinski definition) is 1. The number of benzene rings is 1. The molecule has 2 heterocycles. The fourth-order valence-electron chi connectivity index (χ4n) is 2.74. The quantitative estimate of drug-likeness (QED) is 0.825. The number of anilines is 1. The standard InChI is InChI=1S/C18H21N3O3S/c1-24-15-6-4-14(5-7-15)21-11-10-20(18(21)23)13-17(22)19-9-8-16-3-2-12-25-16/h2-7,12H,8-11,13H2,1H3,(H,19,22). The number of urea groups is 1. The molecule has 0 atom stereocenters. The zero-order chi connectivity index (χ0) is 17.6. The summed E-state index contributed by atoms with van der Waals surface area (Å²) in [5, 5.41) is 4.90. The minimum atomic E-state index is -0.140. The van der Waals surface area contributed by atoms with Gasteiger partial charge in [-0.2, -0.15) is 0 Å². The average molecular weight is 359 g/mol. The summed E-state index contributed by atoms with van der Waals surface area (Å²) in [6.45, 7) is 1.80. The summed E-state index contributed by atoms with van der Waals surface area (Å²) in [5.41, 5.74) is 0.811. The highest BCUT2D eigenvalue weighted by Crippen LogP contribution is 2.23. The van der Waals surface area contributed by atoms with Crippen molar-refractivity contribution in [3.8, 4) is 5.75 Å². The Kier molecular flexibility index (Phi) is 5.55. The van der Waals surface area contributed by atoms with E-state index in [0.29, 0.717) is 19.6 Å². The van der Waals surface area contributed by atoms with E-state index in [9.17, 15) is 9.59 Å². The van der Waals surface area contributed by atoms with Crippen molar-refractivity contribution in [2.45, 2.75) is 6.42 Å². The van der Waals surface area contributed by atoms with Crippen LogP contribution in [0.15, 0.2) is 41.8 Å². The van der Waals surface area contributed by atoms with Crippen molar-refractivity contribution in [3.05, 3.63) is 46.7 Å². The van der Waals surface area contributed by atoms with Crippen LogP contribution >= 0.6 is 11.3 Å². The second kappa shape index (κ2) is 8.02. The number of methoxy groups -OCH3 is 1. The lowest BCUT2D eigenvalue weighted by molar-refractivity contribution is -0.121. The molecule has 1 N–H and O–H groups in total. The maximum absolute atomic E-state index is 12.5. The van der Waals surface area contributed by atoms with E-state index in [1.165, 1.54) is 4.88 Å². The molecule has 0 saturated carbocycles. The van der Waals surface area contributed by atoms with E-state index in [1.54, 1.807) is 28.2 Å². The van der Waals surface area contributed by atoms with E-state index in [0.717, 1.165) is 17.9 Å². The van der Waals surface area contributed by atoms with Gasteiger partial charge < -0.3 is 15.0 Å². The number of nitrogens with one attached hydrogen (secondary N) is 1. The van der Waals surface area contributed by atoms with Gasteiger partial charge in [0, 0.05) is 30.2 Å². The van der Waals surface area contributed by atoms with Crippen LogP contribution in [-0.4, -0.2) is 50.1 Å². The van der Waals surface area contributed by atoms with E-state index >= 15 is 0 Å². The molecule has 2 aromatic rings. The van der Waals surface area contributed by atoms with Crippen LogP contribution in [-0.2, 0) is 11.2 Å². The Labute approximate surface area is 151 Å². The maximum atomic E-state index is 12.5. The molecule has 132 valence electrons.